The molecule has 1 aliphatic carbocycles. The molecule has 2 heteroatoms. The fraction of sp³-hybridized carbons (Fsp3) is 0.625. The number of ether oxygens (including phenoxy) is 1. The molecule has 0 aliphatic heterocycles. The van der Waals surface area contributed by atoms with Gasteiger partial charge in [0.2, 0.25) is 0 Å². The number of anilines is 1. The molecule has 0 bridgehead atoms. The summed E-state index contributed by atoms with van der Waals surface area (Å²) in [7, 11) is 1.82. The quantitative estimate of drug-likeness (QED) is 0.861. The van der Waals surface area contributed by atoms with Crippen molar-refractivity contribution >= 4 is 5.69 Å². The van der Waals surface area contributed by atoms with Crippen LogP contribution in [0, 0.1) is 0 Å². The molecule has 0 amide bonds. The first-order chi connectivity index (χ1) is 8.69. The lowest BCUT2D eigenvalue weighted by Gasteiger charge is -2.29. The van der Waals surface area contributed by atoms with Gasteiger partial charge in [0.05, 0.1) is 6.10 Å². The van der Waals surface area contributed by atoms with E-state index in [-0.39, 0.29) is 0 Å². The zero-order chi connectivity index (χ0) is 13.0. The number of nitrogens with one attached hydrogen (secondary N) is 1. The predicted molar refractivity (Wildman–Crippen MR) is 77.2 cm³/mol. The molecule has 0 radical (unpaired) electrons. The molecule has 1 aromatic carbocycles. The molecule has 1 aliphatic rings. The highest BCUT2D eigenvalue weighted by Crippen LogP contribution is 2.25. The van der Waals surface area contributed by atoms with Crippen molar-refractivity contribution in [3.8, 4) is 0 Å². The van der Waals surface area contributed by atoms with Crippen LogP contribution in [-0.4, -0.2) is 19.3 Å². The molecule has 0 aromatic heterocycles. The summed E-state index contributed by atoms with van der Waals surface area (Å²) < 4.78 is 5.41. The third-order valence-electron chi connectivity index (χ3n) is 3.93. The summed E-state index contributed by atoms with van der Waals surface area (Å²) >= 11 is 0. The minimum atomic E-state index is 0.477. The van der Waals surface area contributed by atoms with Crippen LogP contribution in [0.3, 0.4) is 0 Å². The largest absolute Gasteiger partial charge is 0.382 e. The van der Waals surface area contributed by atoms with Crippen LogP contribution < -0.4 is 5.32 Å². The molecule has 2 rings (SSSR count). The Morgan fingerprint density at radius 3 is 2.50 bits per heavy atom. The highest BCUT2D eigenvalue weighted by atomic mass is 16.5. The summed E-state index contributed by atoms with van der Waals surface area (Å²) in [6.07, 6.45) is 5.26. The second kappa shape index (κ2) is 6.24. The molecular formula is C16H25NO. The molecule has 0 unspecified atom stereocenters. The van der Waals surface area contributed by atoms with E-state index in [4.69, 9.17) is 4.74 Å². The number of methoxy groups -OCH3 is 1. The van der Waals surface area contributed by atoms with Gasteiger partial charge in [0.1, 0.15) is 0 Å². The van der Waals surface area contributed by atoms with Crippen LogP contribution in [0.25, 0.3) is 0 Å². The van der Waals surface area contributed by atoms with Gasteiger partial charge in [0.15, 0.2) is 0 Å². The Kier molecular flexibility index (Phi) is 4.65. The molecule has 0 atom stereocenters. The fourth-order valence-corrected chi connectivity index (χ4v) is 2.67. The van der Waals surface area contributed by atoms with Gasteiger partial charge in [0, 0.05) is 18.8 Å². The predicted octanol–water partition coefficient (Wildman–Crippen LogP) is 4.18. The summed E-state index contributed by atoms with van der Waals surface area (Å²) in [5, 5.41) is 3.67. The topological polar surface area (TPSA) is 21.3 Å². The molecule has 1 fully saturated rings. The highest BCUT2D eigenvalue weighted by Gasteiger charge is 2.20. The molecule has 1 N–H and O–H groups in total. The van der Waals surface area contributed by atoms with Crippen molar-refractivity contribution < 1.29 is 4.74 Å². The molecule has 18 heavy (non-hydrogen) atoms. The van der Waals surface area contributed by atoms with Gasteiger partial charge in [-0.1, -0.05) is 26.0 Å². The Labute approximate surface area is 111 Å². The number of hydrogen-bond acceptors (Lipinski definition) is 2. The SMILES string of the molecule is COC1CCC(Nc2cccc(C(C)C)c2)CC1. The lowest BCUT2D eigenvalue weighted by Crippen LogP contribution is -2.29. The van der Waals surface area contributed by atoms with Gasteiger partial charge in [-0.3, -0.25) is 0 Å². The second-order valence-electron chi connectivity index (χ2n) is 5.63. The van der Waals surface area contributed by atoms with Crippen molar-refractivity contribution in [2.45, 2.75) is 57.6 Å². The molecule has 0 saturated heterocycles. The Hall–Kier alpha value is -1.02. The zero-order valence-corrected chi connectivity index (χ0v) is 11.8. The summed E-state index contributed by atoms with van der Waals surface area (Å²) in [5.41, 5.74) is 2.67. The van der Waals surface area contributed by atoms with Crippen molar-refractivity contribution in [3.05, 3.63) is 29.8 Å². The molecule has 2 nitrogen and oxygen atoms in total. The van der Waals surface area contributed by atoms with Gasteiger partial charge in [-0.25, -0.2) is 0 Å². The van der Waals surface area contributed by atoms with Crippen LogP contribution in [0.5, 0.6) is 0 Å². The van der Waals surface area contributed by atoms with Gasteiger partial charge in [-0.15, -0.1) is 0 Å². The van der Waals surface area contributed by atoms with Gasteiger partial charge in [0.25, 0.3) is 0 Å². The lowest BCUT2D eigenvalue weighted by atomic mass is 9.92. The van der Waals surface area contributed by atoms with E-state index in [9.17, 15) is 0 Å². The summed E-state index contributed by atoms with van der Waals surface area (Å²) in [5.74, 6) is 0.593. The van der Waals surface area contributed by atoms with Crippen molar-refractivity contribution in [1.29, 1.82) is 0 Å². The van der Waals surface area contributed by atoms with Gasteiger partial charge < -0.3 is 10.1 Å². The smallest absolute Gasteiger partial charge is 0.0572 e. The van der Waals surface area contributed by atoms with Crippen LogP contribution >= 0.6 is 0 Å². The van der Waals surface area contributed by atoms with E-state index in [1.165, 1.54) is 36.9 Å². The molecular weight excluding hydrogens is 222 g/mol. The van der Waals surface area contributed by atoms with E-state index in [0.717, 1.165) is 0 Å². The maximum absolute atomic E-state index is 5.41. The minimum Gasteiger partial charge on any atom is -0.382 e. The van der Waals surface area contributed by atoms with Crippen LogP contribution in [0.15, 0.2) is 24.3 Å². The van der Waals surface area contributed by atoms with E-state index in [2.05, 4.69) is 43.4 Å². The van der Waals surface area contributed by atoms with Crippen molar-refractivity contribution in [2.24, 2.45) is 0 Å². The van der Waals surface area contributed by atoms with Gasteiger partial charge in [-0.2, -0.15) is 0 Å². The Bertz CT molecular complexity index is 367. The van der Waals surface area contributed by atoms with E-state index in [1.54, 1.807) is 0 Å². The standard InChI is InChI=1S/C16H25NO/c1-12(2)13-5-4-6-15(11-13)17-14-7-9-16(18-3)10-8-14/h4-6,11-12,14,16-17H,7-10H2,1-3H3. The third kappa shape index (κ3) is 3.49. The first-order valence-electron chi connectivity index (χ1n) is 7.08. The monoisotopic (exact) mass is 247 g/mol. The van der Waals surface area contributed by atoms with E-state index in [1.807, 2.05) is 7.11 Å². The van der Waals surface area contributed by atoms with Crippen LogP contribution in [0.4, 0.5) is 5.69 Å². The van der Waals surface area contributed by atoms with E-state index >= 15 is 0 Å². The second-order valence-corrected chi connectivity index (χ2v) is 5.63. The van der Waals surface area contributed by atoms with Crippen LogP contribution in [-0.2, 0) is 4.74 Å². The number of rotatable bonds is 4. The minimum absolute atomic E-state index is 0.477. The normalized spacial score (nSPS) is 24.2. The maximum atomic E-state index is 5.41. The Morgan fingerprint density at radius 1 is 1.17 bits per heavy atom. The average molecular weight is 247 g/mol. The molecule has 1 saturated carbocycles. The summed E-state index contributed by atoms with van der Waals surface area (Å²) in [4.78, 5) is 0. The van der Waals surface area contributed by atoms with Gasteiger partial charge in [-0.05, 0) is 49.3 Å². The molecule has 0 heterocycles. The summed E-state index contributed by atoms with van der Waals surface area (Å²) in [6, 6.07) is 9.43. The van der Waals surface area contributed by atoms with E-state index < -0.39 is 0 Å². The summed E-state index contributed by atoms with van der Waals surface area (Å²) in [6.45, 7) is 4.48. The van der Waals surface area contributed by atoms with Crippen molar-refractivity contribution in [3.63, 3.8) is 0 Å². The third-order valence-corrected chi connectivity index (χ3v) is 3.93. The first kappa shape index (κ1) is 13.4. The van der Waals surface area contributed by atoms with Gasteiger partial charge >= 0.3 is 0 Å². The zero-order valence-electron chi connectivity index (χ0n) is 11.8. The number of benzene rings is 1. The Balaban J connectivity index is 1.92. The fourth-order valence-electron chi connectivity index (χ4n) is 2.67. The number of hydrogen-bond donors (Lipinski definition) is 1. The average Bonchev–Trinajstić information content (AvgIpc) is 2.40. The van der Waals surface area contributed by atoms with Crippen LogP contribution in [0.2, 0.25) is 0 Å². The maximum Gasteiger partial charge on any atom is 0.0572 e. The molecule has 0 spiro atoms. The molecule has 100 valence electrons. The van der Waals surface area contributed by atoms with E-state index in [0.29, 0.717) is 18.1 Å². The van der Waals surface area contributed by atoms with Crippen LogP contribution in [0.1, 0.15) is 51.0 Å². The van der Waals surface area contributed by atoms with Crippen molar-refractivity contribution in [1.82, 2.24) is 0 Å². The first-order valence-corrected chi connectivity index (χ1v) is 7.08. The lowest BCUT2D eigenvalue weighted by molar-refractivity contribution is 0.0682. The Morgan fingerprint density at radius 2 is 1.89 bits per heavy atom. The molecule has 1 aromatic rings. The highest BCUT2D eigenvalue weighted by molar-refractivity contribution is 5.47. The van der Waals surface area contributed by atoms with Crippen molar-refractivity contribution in [2.75, 3.05) is 12.4 Å².